The van der Waals surface area contributed by atoms with Crippen LogP contribution < -0.4 is 10.6 Å². The zero-order valence-electron chi connectivity index (χ0n) is 24.7. The summed E-state index contributed by atoms with van der Waals surface area (Å²) in [6.07, 6.45) is 5.54. The maximum atomic E-state index is 14.0. The van der Waals surface area contributed by atoms with E-state index in [0.717, 1.165) is 48.8 Å². The van der Waals surface area contributed by atoms with E-state index in [9.17, 15) is 14.4 Å². The van der Waals surface area contributed by atoms with Gasteiger partial charge in [-0.3, -0.25) is 9.59 Å². The molecule has 0 saturated carbocycles. The van der Waals surface area contributed by atoms with Gasteiger partial charge >= 0.3 is 6.09 Å². The maximum Gasteiger partial charge on any atom is 0.408 e. The zero-order chi connectivity index (χ0) is 29.5. The van der Waals surface area contributed by atoms with Gasteiger partial charge in [-0.25, -0.2) is 4.79 Å². The van der Waals surface area contributed by atoms with E-state index in [2.05, 4.69) is 30.2 Å². The van der Waals surface area contributed by atoms with Crippen molar-refractivity contribution in [3.05, 3.63) is 71.3 Å². The van der Waals surface area contributed by atoms with Crippen LogP contribution in [-0.4, -0.2) is 46.7 Å². The molecule has 2 aromatic carbocycles. The molecule has 3 amide bonds. The first-order valence-corrected chi connectivity index (χ1v) is 15.0. The van der Waals surface area contributed by atoms with Gasteiger partial charge in [0.25, 0.3) is 0 Å². The van der Waals surface area contributed by atoms with Crippen molar-refractivity contribution in [1.29, 1.82) is 0 Å². The van der Waals surface area contributed by atoms with Crippen LogP contribution in [0.25, 0.3) is 0 Å². The van der Waals surface area contributed by atoms with Gasteiger partial charge in [0, 0.05) is 18.8 Å². The van der Waals surface area contributed by atoms with Crippen molar-refractivity contribution in [2.75, 3.05) is 12.3 Å². The van der Waals surface area contributed by atoms with Crippen molar-refractivity contribution in [3.8, 4) is 0 Å². The van der Waals surface area contributed by atoms with Crippen molar-refractivity contribution >= 4 is 30.5 Å². The minimum atomic E-state index is -0.951. The lowest BCUT2D eigenvalue weighted by atomic mass is 10.00. The van der Waals surface area contributed by atoms with Crippen molar-refractivity contribution in [1.82, 2.24) is 15.5 Å². The number of hydrogen-bond donors (Lipinski definition) is 3. The lowest BCUT2D eigenvalue weighted by Crippen LogP contribution is -2.54. The average Bonchev–Trinajstić information content (AvgIpc) is 2.91. The van der Waals surface area contributed by atoms with Gasteiger partial charge in [-0.1, -0.05) is 99.2 Å². The Kier molecular flexibility index (Phi) is 14.1. The van der Waals surface area contributed by atoms with Gasteiger partial charge < -0.3 is 20.3 Å². The molecule has 0 spiro atoms. The Morgan fingerprint density at radius 2 is 1.62 bits per heavy atom. The predicted octanol–water partition coefficient (Wildman–Crippen LogP) is 6.36. The van der Waals surface area contributed by atoms with Crippen LogP contribution in [0.3, 0.4) is 0 Å². The highest BCUT2D eigenvalue weighted by molar-refractivity contribution is 7.80. The van der Waals surface area contributed by atoms with Crippen LogP contribution in [-0.2, 0) is 20.9 Å². The highest BCUT2D eigenvalue weighted by Crippen LogP contribution is 2.25. The summed E-state index contributed by atoms with van der Waals surface area (Å²) in [6.45, 7) is 10.1. The number of nitrogens with zero attached hydrogens (tertiary/aromatic N) is 1. The van der Waals surface area contributed by atoms with Gasteiger partial charge in [0.1, 0.15) is 17.7 Å². The van der Waals surface area contributed by atoms with Crippen LogP contribution in [0.4, 0.5) is 4.79 Å². The Morgan fingerprint density at radius 3 is 2.25 bits per heavy atom. The second-order valence-electron chi connectivity index (χ2n) is 11.2. The van der Waals surface area contributed by atoms with Gasteiger partial charge in [0.15, 0.2) is 0 Å². The number of nitrogens with one attached hydrogen (secondary N) is 2. The summed E-state index contributed by atoms with van der Waals surface area (Å²) in [6, 6.07) is 15.5. The van der Waals surface area contributed by atoms with E-state index in [1.54, 1.807) is 25.7 Å². The summed E-state index contributed by atoms with van der Waals surface area (Å²) in [4.78, 5) is 42.1. The molecular weight excluding hydrogens is 522 g/mol. The van der Waals surface area contributed by atoms with Crippen LogP contribution in [0, 0.1) is 6.92 Å². The molecule has 220 valence electrons. The predicted molar refractivity (Wildman–Crippen MR) is 164 cm³/mol. The molecule has 0 bridgehead atoms. The SMILES string of the molecule is CCCCCCCCN(C(=O)C(CS)NC(=O)OC(C)(C)C)C(C(=O)NCc1ccccc1)c1cccc(C)c1. The fraction of sp³-hybridized carbons (Fsp3) is 0.531. The smallest absolute Gasteiger partial charge is 0.408 e. The first-order chi connectivity index (χ1) is 19.1. The Bertz CT molecular complexity index is 1070. The molecule has 40 heavy (non-hydrogen) atoms. The fourth-order valence-corrected chi connectivity index (χ4v) is 4.71. The molecule has 0 saturated heterocycles. The fourth-order valence-electron chi connectivity index (χ4n) is 4.46. The van der Waals surface area contributed by atoms with E-state index < -0.39 is 23.8 Å². The van der Waals surface area contributed by atoms with Crippen molar-refractivity contribution < 1.29 is 19.1 Å². The molecular formula is C32H47N3O4S. The largest absolute Gasteiger partial charge is 0.444 e. The highest BCUT2D eigenvalue weighted by atomic mass is 32.1. The van der Waals surface area contributed by atoms with E-state index in [1.165, 1.54) is 6.42 Å². The molecule has 2 atom stereocenters. The third kappa shape index (κ3) is 11.6. The lowest BCUT2D eigenvalue weighted by molar-refractivity contribution is -0.142. The number of amides is 3. The molecule has 0 radical (unpaired) electrons. The Labute approximate surface area is 245 Å². The second-order valence-corrected chi connectivity index (χ2v) is 11.6. The molecule has 0 heterocycles. The molecule has 0 aliphatic carbocycles. The van der Waals surface area contributed by atoms with Crippen LogP contribution in [0.1, 0.15) is 89.0 Å². The topological polar surface area (TPSA) is 87.7 Å². The molecule has 2 unspecified atom stereocenters. The number of carbonyl (C=O) groups is 3. The van der Waals surface area contributed by atoms with E-state index in [4.69, 9.17) is 4.74 Å². The maximum absolute atomic E-state index is 14.0. The Morgan fingerprint density at radius 1 is 0.950 bits per heavy atom. The second kappa shape index (κ2) is 17.0. The van der Waals surface area contributed by atoms with Crippen LogP contribution in [0.5, 0.6) is 0 Å². The van der Waals surface area contributed by atoms with Crippen molar-refractivity contribution in [3.63, 3.8) is 0 Å². The molecule has 0 aliphatic rings. The highest BCUT2D eigenvalue weighted by Gasteiger charge is 2.35. The minimum Gasteiger partial charge on any atom is -0.444 e. The van der Waals surface area contributed by atoms with E-state index in [1.807, 2.05) is 61.5 Å². The number of alkyl carbamates (subject to hydrolysis) is 1. The number of unbranched alkanes of at least 4 members (excludes halogenated alkanes) is 5. The lowest BCUT2D eigenvalue weighted by Gasteiger charge is -2.34. The minimum absolute atomic E-state index is 0.0667. The van der Waals surface area contributed by atoms with Crippen LogP contribution in [0.2, 0.25) is 0 Å². The third-order valence-electron chi connectivity index (χ3n) is 6.43. The molecule has 2 rings (SSSR count). The number of thiol groups is 1. The molecule has 0 aromatic heterocycles. The zero-order valence-corrected chi connectivity index (χ0v) is 25.6. The number of hydrogen-bond acceptors (Lipinski definition) is 5. The monoisotopic (exact) mass is 569 g/mol. The third-order valence-corrected chi connectivity index (χ3v) is 6.80. The average molecular weight is 570 g/mol. The van der Waals surface area contributed by atoms with E-state index >= 15 is 0 Å². The molecule has 8 heteroatoms. The summed E-state index contributed by atoms with van der Waals surface area (Å²) in [5, 5.41) is 5.71. The van der Waals surface area contributed by atoms with Crippen molar-refractivity contribution in [2.24, 2.45) is 0 Å². The Balaban J connectivity index is 2.37. The van der Waals surface area contributed by atoms with E-state index in [0.29, 0.717) is 13.1 Å². The number of ether oxygens (including phenoxy) is 1. The quantitative estimate of drug-likeness (QED) is 0.172. The first kappa shape index (κ1) is 33.2. The van der Waals surface area contributed by atoms with Gasteiger partial charge in [-0.15, -0.1) is 0 Å². The molecule has 0 fully saturated rings. The number of aryl methyl sites for hydroxylation is 1. The number of rotatable bonds is 15. The Hall–Kier alpha value is -3.00. The summed E-state index contributed by atoms with van der Waals surface area (Å²) < 4.78 is 5.40. The van der Waals surface area contributed by atoms with Gasteiger partial charge in [0.05, 0.1) is 0 Å². The van der Waals surface area contributed by atoms with Gasteiger partial charge in [-0.2, -0.15) is 12.6 Å². The van der Waals surface area contributed by atoms with Crippen LogP contribution >= 0.6 is 12.6 Å². The van der Waals surface area contributed by atoms with Crippen LogP contribution in [0.15, 0.2) is 54.6 Å². The number of carbonyl (C=O) groups excluding carboxylic acids is 3. The van der Waals surface area contributed by atoms with Gasteiger partial charge in [0.2, 0.25) is 11.8 Å². The van der Waals surface area contributed by atoms with Gasteiger partial charge in [-0.05, 0) is 45.2 Å². The standard InChI is InChI=1S/C32H47N3O4S/c1-6-7-8-9-10-14-20-35(30(37)27(23-40)34-31(38)39-32(3,4)5)28(26-19-15-16-24(2)21-26)29(36)33-22-25-17-12-11-13-18-25/h11-13,15-19,21,27-28,40H,6-10,14,20,22-23H2,1-5H3,(H,33,36)(H,34,38). The summed E-state index contributed by atoms with van der Waals surface area (Å²) in [5.74, 6) is -0.572. The summed E-state index contributed by atoms with van der Waals surface area (Å²) >= 11 is 4.38. The summed E-state index contributed by atoms with van der Waals surface area (Å²) in [5.41, 5.74) is 1.96. The first-order valence-electron chi connectivity index (χ1n) is 14.3. The normalized spacial score (nSPS) is 12.8. The number of benzene rings is 2. The summed E-state index contributed by atoms with van der Waals surface area (Å²) in [7, 11) is 0. The molecule has 0 aliphatic heterocycles. The van der Waals surface area contributed by atoms with E-state index in [-0.39, 0.29) is 17.6 Å². The van der Waals surface area contributed by atoms with Crippen molar-refractivity contribution in [2.45, 2.75) is 97.4 Å². The molecule has 2 aromatic rings. The molecule has 2 N–H and O–H groups in total. The molecule has 7 nitrogen and oxygen atoms in total.